The molecule has 1 aromatic heterocycles. The molecule has 20 heavy (non-hydrogen) atoms. The van der Waals surface area contributed by atoms with E-state index in [0.717, 1.165) is 29.6 Å². The lowest BCUT2D eigenvalue weighted by Gasteiger charge is -2.35. The normalized spacial score (nSPS) is 26.6. The average molecular weight is 268 g/mol. The van der Waals surface area contributed by atoms with Crippen molar-refractivity contribution in [3.63, 3.8) is 0 Å². The largest absolute Gasteiger partial charge is 0.313 e. The molecule has 0 radical (unpaired) electrons. The van der Waals surface area contributed by atoms with E-state index >= 15 is 0 Å². The van der Waals surface area contributed by atoms with Gasteiger partial charge in [0.15, 0.2) is 0 Å². The Hall–Kier alpha value is -1.74. The molecule has 2 aromatic rings. The summed E-state index contributed by atoms with van der Waals surface area (Å²) in [7, 11) is 0. The molecule has 0 amide bonds. The first-order chi connectivity index (χ1) is 9.66. The Morgan fingerprint density at radius 2 is 2.05 bits per heavy atom. The number of benzene rings is 1. The third-order valence-electron chi connectivity index (χ3n) is 4.36. The Bertz CT molecular complexity index is 638. The fourth-order valence-corrected chi connectivity index (χ4v) is 3.38. The van der Waals surface area contributed by atoms with Crippen LogP contribution in [-0.2, 0) is 4.79 Å². The van der Waals surface area contributed by atoms with Crippen molar-refractivity contribution < 1.29 is 4.79 Å². The number of para-hydroxylation sites is 1. The second-order valence-corrected chi connectivity index (χ2v) is 5.70. The molecule has 1 saturated heterocycles. The molecule has 3 unspecified atom stereocenters. The molecule has 2 heterocycles. The molecule has 0 spiro atoms. The summed E-state index contributed by atoms with van der Waals surface area (Å²) in [4.78, 5) is 16.8. The van der Waals surface area contributed by atoms with Crippen LogP contribution in [0, 0.1) is 5.92 Å². The number of piperidine rings is 1. The SMILES string of the molecule is CC(=O)C1C(C)NCCC1c1ccc2ccccc2n1. The summed E-state index contributed by atoms with van der Waals surface area (Å²) in [5.74, 6) is 0.510. The molecular weight excluding hydrogens is 248 g/mol. The van der Waals surface area contributed by atoms with E-state index in [1.807, 2.05) is 18.2 Å². The molecule has 3 nitrogen and oxygen atoms in total. The van der Waals surface area contributed by atoms with Gasteiger partial charge in [0.05, 0.1) is 5.52 Å². The molecule has 0 saturated carbocycles. The molecule has 1 aliphatic rings. The summed E-state index contributed by atoms with van der Waals surface area (Å²) in [6, 6.07) is 12.6. The minimum Gasteiger partial charge on any atom is -0.313 e. The van der Waals surface area contributed by atoms with Crippen LogP contribution in [0.3, 0.4) is 0 Å². The summed E-state index contributed by atoms with van der Waals surface area (Å²) < 4.78 is 0. The first kappa shape index (κ1) is 13.3. The first-order valence-electron chi connectivity index (χ1n) is 7.26. The fraction of sp³-hybridized carbons (Fsp3) is 0.412. The van der Waals surface area contributed by atoms with Crippen molar-refractivity contribution in [1.29, 1.82) is 0 Å². The highest BCUT2D eigenvalue weighted by Gasteiger charge is 2.35. The predicted octanol–water partition coefficient (Wildman–Crippen LogP) is 2.91. The lowest BCUT2D eigenvalue weighted by Crippen LogP contribution is -2.46. The Kier molecular flexibility index (Phi) is 3.53. The predicted molar refractivity (Wildman–Crippen MR) is 80.7 cm³/mol. The van der Waals surface area contributed by atoms with Crippen LogP contribution in [0.25, 0.3) is 10.9 Å². The van der Waals surface area contributed by atoms with Gasteiger partial charge in [-0.3, -0.25) is 9.78 Å². The van der Waals surface area contributed by atoms with E-state index in [1.165, 1.54) is 0 Å². The molecule has 0 aliphatic carbocycles. The first-order valence-corrected chi connectivity index (χ1v) is 7.26. The molecule has 1 aliphatic heterocycles. The van der Waals surface area contributed by atoms with Gasteiger partial charge in [-0.2, -0.15) is 0 Å². The van der Waals surface area contributed by atoms with E-state index in [4.69, 9.17) is 4.98 Å². The van der Waals surface area contributed by atoms with E-state index in [9.17, 15) is 4.79 Å². The minimum absolute atomic E-state index is 0.0254. The summed E-state index contributed by atoms with van der Waals surface area (Å²) in [5.41, 5.74) is 2.07. The van der Waals surface area contributed by atoms with Crippen molar-refractivity contribution >= 4 is 16.7 Å². The lowest BCUT2D eigenvalue weighted by atomic mass is 9.77. The van der Waals surface area contributed by atoms with Crippen molar-refractivity contribution in [2.45, 2.75) is 32.2 Å². The number of carbonyl (C=O) groups is 1. The van der Waals surface area contributed by atoms with Gasteiger partial charge in [-0.15, -0.1) is 0 Å². The van der Waals surface area contributed by atoms with Crippen molar-refractivity contribution in [3.8, 4) is 0 Å². The number of carbonyl (C=O) groups excluding carboxylic acids is 1. The Morgan fingerprint density at radius 3 is 2.85 bits per heavy atom. The minimum atomic E-state index is 0.0254. The van der Waals surface area contributed by atoms with Crippen LogP contribution in [0.5, 0.6) is 0 Å². The molecule has 104 valence electrons. The molecule has 0 bridgehead atoms. The summed E-state index contributed by atoms with van der Waals surface area (Å²) in [6.45, 7) is 4.74. The zero-order valence-electron chi connectivity index (χ0n) is 12.0. The highest BCUT2D eigenvalue weighted by molar-refractivity contribution is 5.81. The smallest absolute Gasteiger partial charge is 0.135 e. The zero-order valence-corrected chi connectivity index (χ0v) is 12.0. The number of aromatic nitrogens is 1. The van der Waals surface area contributed by atoms with Gasteiger partial charge in [0.2, 0.25) is 0 Å². The number of hydrogen-bond acceptors (Lipinski definition) is 3. The van der Waals surface area contributed by atoms with Crippen LogP contribution in [-0.4, -0.2) is 23.4 Å². The number of nitrogens with zero attached hydrogens (tertiary/aromatic N) is 1. The molecule has 3 heteroatoms. The van der Waals surface area contributed by atoms with Crippen molar-refractivity contribution in [2.24, 2.45) is 5.92 Å². The molecule has 1 aromatic carbocycles. The summed E-state index contributed by atoms with van der Waals surface area (Å²) in [5, 5.41) is 4.55. The number of ketones is 1. The van der Waals surface area contributed by atoms with Gasteiger partial charge in [0, 0.05) is 29.0 Å². The molecule has 1 N–H and O–H groups in total. The van der Waals surface area contributed by atoms with Gasteiger partial charge >= 0.3 is 0 Å². The second-order valence-electron chi connectivity index (χ2n) is 5.70. The lowest BCUT2D eigenvalue weighted by molar-refractivity contribution is -0.122. The molecular formula is C17H20N2O. The maximum Gasteiger partial charge on any atom is 0.135 e. The average Bonchev–Trinajstić information content (AvgIpc) is 2.46. The van der Waals surface area contributed by atoms with Crippen LogP contribution in [0.2, 0.25) is 0 Å². The summed E-state index contributed by atoms with van der Waals surface area (Å²) in [6.07, 6.45) is 0.972. The highest BCUT2D eigenvalue weighted by Crippen LogP contribution is 2.33. The number of hydrogen-bond donors (Lipinski definition) is 1. The molecule has 1 fully saturated rings. The van der Waals surface area contributed by atoms with Crippen molar-refractivity contribution in [3.05, 3.63) is 42.1 Å². The highest BCUT2D eigenvalue weighted by atomic mass is 16.1. The van der Waals surface area contributed by atoms with E-state index in [0.29, 0.717) is 0 Å². The number of fused-ring (bicyclic) bond motifs is 1. The van der Waals surface area contributed by atoms with Gasteiger partial charge in [-0.1, -0.05) is 24.3 Å². The zero-order chi connectivity index (χ0) is 14.1. The van der Waals surface area contributed by atoms with Crippen LogP contribution < -0.4 is 5.32 Å². The van der Waals surface area contributed by atoms with E-state index in [-0.39, 0.29) is 23.7 Å². The van der Waals surface area contributed by atoms with Crippen LogP contribution in [0.15, 0.2) is 36.4 Å². The Balaban J connectivity index is 2.01. The summed E-state index contributed by atoms with van der Waals surface area (Å²) >= 11 is 0. The number of pyridine rings is 1. The van der Waals surface area contributed by atoms with Crippen LogP contribution in [0.4, 0.5) is 0 Å². The van der Waals surface area contributed by atoms with Gasteiger partial charge < -0.3 is 5.32 Å². The fourth-order valence-electron chi connectivity index (χ4n) is 3.38. The number of rotatable bonds is 2. The Morgan fingerprint density at radius 1 is 1.25 bits per heavy atom. The topological polar surface area (TPSA) is 42.0 Å². The van der Waals surface area contributed by atoms with Crippen LogP contribution in [0.1, 0.15) is 31.9 Å². The third-order valence-corrected chi connectivity index (χ3v) is 4.36. The monoisotopic (exact) mass is 268 g/mol. The Labute approximate surface area is 119 Å². The maximum absolute atomic E-state index is 12.0. The van der Waals surface area contributed by atoms with Gasteiger partial charge in [-0.25, -0.2) is 0 Å². The quantitative estimate of drug-likeness (QED) is 0.910. The van der Waals surface area contributed by atoms with Crippen molar-refractivity contribution in [1.82, 2.24) is 10.3 Å². The van der Waals surface area contributed by atoms with Gasteiger partial charge in [-0.05, 0) is 38.9 Å². The van der Waals surface area contributed by atoms with Gasteiger partial charge in [0.1, 0.15) is 5.78 Å². The molecule has 3 rings (SSSR count). The van der Waals surface area contributed by atoms with Crippen molar-refractivity contribution in [2.75, 3.05) is 6.54 Å². The van der Waals surface area contributed by atoms with E-state index < -0.39 is 0 Å². The van der Waals surface area contributed by atoms with E-state index in [2.05, 4.69) is 30.4 Å². The third kappa shape index (κ3) is 2.34. The number of Topliss-reactive ketones (excluding diaryl/α,β-unsaturated/α-hetero) is 1. The standard InChI is InChI=1S/C17H20N2O/c1-11-17(12(2)20)14(9-10-18-11)16-8-7-13-5-3-4-6-15(13)19-16/h3-8,11,14,17-18H,9-10H2,1-2H3. The second kappa shape index (κ2) is 5.33. The van der Waals surface area contributed by atoms with Gasteiger partial charge in [0.25, 0.3) is 0 Å². The number of nitrogens with one attached hydrogen (secondary N) is 1. The van der Waals surface area contributed by atoms with Crippen LogP contribution >= 0.6 is 0 Å². The maximum atomic E-state index is 12.0. The van der Waals surface area contributed by atoms with E-state index in [1.54, 1.807) is 6.92 Å². The molecule has 3 atom stereocenters.